The summed E-state index contributed by atoms with van der Waals surface area (Å²) >= 11 is 6.03. The van der Waals surface area contributed by atoms with Gasteiger partial charge in [0.25, 0.3) is 5.91 Å². The highest BCUT2D eigenvalue weighted by molar-refractivity contribution is 6.30. The van der Waals surface area contributed by atoms with E-state index in [4.69, 9.17) is 21.3 Å². The lowest BCUT2D eigenvalue weighted by Gasteiger charge is -2.36. The molecular weight excluding hydrogens is 568 g/mol. The van der Waals surface area contributed by atoms with E-state index in [0.29, 0.717) is 0 Å². The molecule has 0 aromatic heterocycles. The third-order valence-corrected chi connectivity index (χ3v) is 9.87. The zero-order valence-corrected chi connectivity index (χ0v) is 27.0. The maximum atomic E-state index is 13.2. The smallest absolute Gasteiger partial charge is 0.256 e. The average Bonchev–Trinajstić information content (AvgIpc) is 3.47. The van der Waals surface area contributed by atoms with E-state index in [-0.39, 0.29) is 11.9 Å². The van der Waals surface area contributed by atoms with Crippen molar-refractivity contribution in [3.63, 3.8) is 0 Å². The Labute approximate surface area is 268 Å². The van der Waals surface area contributed by atoms with Crippen molar-refractivity contribution in [3.8, 4) is 5.75 Å². The summed E-state index contributed by atoms with van der Waals surface area (Å²) in [6.07, 6.45) is 14.2. The van der Waals surface area contributed by atoms with Gasteiger partial charge in [0.1, 0.15) is 5.75 Å². The van der Waals surface area contributed by atoms with Crippen LogP contribution >= 0.6 is 11.6 Å². The number of benzene rings is 3. The molecule has 6 rings (SSSR count). The molecular formula is C37H47ClN4O2. The number of amides is 1. The number of carbonyl (C=O) groups is 1. The topological polar surface area (TPSA) is 48.4 Å². The molecule has 3 heterocycles. The molecule has 0 aliphatic carbocycles. The number of aryl methyl sites for hydroxylation is 1. The fourth-order valence-electron chi connectivity index (χ4n) is 6.95. The van der Waals surface area contributed by atoms with Gasteiger partial charge >= 0.3 is 0 Å². The Balaban J connectivity index is 0.841. The van der Waals surface area contributed by atoms with Gasteiger partial charge in [-0.05, 0) is 104 Å². The van der Waals surface area contributed by atoms with Crippen LogP contribution in [0.4, 0.5) is 11.4 Å². The van der Waals surface area contributed by atoms with Crippen LogP contribution < -0.4 is 9.64 Å². The van der Waals surface area contributed by atoms with E-state index in [9.17, 15) is 4.79 Å². The quantitative estimate of drug-likeness (QED) is 0.181. The number of nitrogens with zero attached hydrogens (tertiary/aromatic N) is 4. The van der Waals surface area contributed by atoms with Crippen LogP contribution in [-0.4, -0.2) is 73.8 Å². The molecule has 3 aliphatic rings. The molecule has 1 atom stereocenters. The molecule has 44 heavy (non-hydrogen) atoms. The fraction of sp³-hybridized carbons (Fsp3) is 0.514. The number of fused-ring (bicyclic) bond motifs is 3. The Morgan fingerprint density at radius 1 is 0.841 bits per heavy atom. The fourth-order valence-corrected chi connectivity index (χ4v) is 7.07. The molecule has 2 fully saturated rings. The van der Waals surface area contributed by atoms with Crippen molar-refractivity contribution in [1.82, 2.24) is 9.80 Å². The molecule has 3 aromatic carbocycles. The van der Waals surface area contributed by atoms with E-state index in [1.165, 1.54) is 57.2 Å². The van der Waals surface area contributed by atoms with Gasteiger partial charge in [-0.15, -0.1) is 0 Å². The monoisotopic (exact) mass is 614 g/mol. The Morgan fingerprint density at radius 3 is 2.32 bits per heavy atom. The molecule has 234 valence electrons. The molecule has 0 N–H and O–H groups in total. The molecule has 3 aromatic rings. The lowest BCUT2D eigenvalue weighted by molar-refractivity contribution is 0.0775. The Bertz CT molecular complexity index is 1450. The summed E-state index contributed by atoms with van der Waals surface area (Å²) in [6, 6.07) is 16.7. The molecule has 0 unspecified atom stereocenters. The van der Waals surface area contributed by atoms with Crippen LogP contribution in [-0.2, 0) is 0 Å². The zero-order valence-electron chi connectivity index (χ0n) is 26.3. The SMILES string of the molecule is Cc1cc2cc3c(cc2cc1OCCCCCCCCCCN1CCN(c2ccc(Cl)cc2)CC1)N=C[C@@H]1CCCN1C3=O. The zero-order chi connectivity index (χ0) is 30.3. The Hall–Kier alpha value is -3.09. The summed E-state index contributed by atoms with van der Waals surface area (Å²) in [6.45, 7) is 9.40. The van der Waals surface area contributed by atoms with Crippen molar-refractivity contribution < 1.29 is 9.53 Å². The molecule has 0 saturated carbocycles. The lowest BCUT2D eigenvalue weighted by atomic mass is 10.0. The summed E-state index contributed by atoms with van der Waals surface area (Å²) in [5.74, 6) is 1.05. The summed E-state index contributed by atoms with van der Waals surface area (Å²) in [4.78, 5) is 24.9. The van der Waals surface area contributed by atoms with E-state index in [1.807, 2.05) is 29.3 Å². The van der Waals surface area contributed by atoms with Crippen molar-refractivity contribution in [2.75, 3.05) is 50.8 Å². The first kappa shape index (κ1) is 30.9. The minimum Gasteiger partial charge on any atom is -0.493 e. The second-order valence-corrected chi connectivity index (χ2v) is 13.2. The second-order valence-electron chi connectivity index (χ2n) is 12.8. The number of rotatable bonds is 13. The van der Waals surface area contributed by atoms with Crippen molar-refractivity contribution in [2.45, 2.75) is 77.2 Å². The standard InChI is InChI=1S/C37H47ClN4O2/c1-28-23-29-24-34-35(39-27-33-11-10-17-42(33)37(34)43)25-30(29)26-36(28)44-22-9-7-5-3-2-4-6-8-16-40-18-20-41(21-19-40)32-14-12-31(38)13-15-32/h12-15,23-27,33H,2-11,16-22H2,1H3/t33-/m0/s1. The second kappa shape index (κ2) is 14.8. The van der Waals surface area contributed by atoms with Crippen molar-refractivity contribution in [1.29, 1.82) is 0 Å². The van der Waals surface area contributed by atoms with Crippen LogP contribution in [0.5, 0.6) is 5.75 Å². The average molecular weight is 615 g/mol. The number of anilines is 1. The van der Waals surface area contributed by atoms with Gasteiger partial charge in [-0.2, -0.15) is 0 Å². The maximum absolute atomic E-state index is 13.2. The van der Waals surface area contributed by atoms with E-state index in [1.54, 1.807) is 0 Å². The van der Waals surface area contributed by atoms with Gasteiger partial charge in [-0.25, -0.2) is 0 Å². The molecule has 6 nitrogen and oxygen atoms in total. The predicted molar refractivity (Wildman–Crippen MR) is 183 cm³/mol. The van der Waals surface area contributed by atoms with E-state index >= 15 is 0 Å². The van der Waals surface area contributed by atoms with Gasteiger partial charge < -0.3 is 14.5 Å². The number of aliphatic imine (C=N–C) groups is 1. The van der Waals surface area contributed by atoms with Crippen LogP contribution in [0.25, 0.3) is 10.8 Å². The van der Waals surface area contributed by atoms with Gasteiger partial charge in [-0.1, -0.05) is 50.1 Å². The van der Waals surface area contributed by atoms with Crippen LogP contribution in [0.15, 0.2) is 53.5 Å². The Morgan fingerprint density at radius 2 is 1.55 bits per heavy atom. The van der Waals surface area contributed by atoms with Crippen molar-refractivity contribution in [3.05, 3.63) is 64.7 Å². The molecule has 3 aliphatic heterocycles. The van der Waals surface area contributed by atoms with E-state index in [2.05, 4.69) is 47.1 Å². The third kappa shape index (κ3) is 7.58. The van der Waals surface area contributed by atoms with Gasteiger partial charge in [0.05, 0.1) is 23.9 Å². The number of hydrogen-bond donors (Lipinski definition) is 0. The highest BCUT2D eigenvalue weighted by Crippen LogP contribution is 2.35. The van der Waals surface area contributed by atoms with E-state index in [0.717, 1.165) is 97.0 Å². The number of piperazine rings is 1. The summed E-state index contributed by atoms with van der Waals surface area (Å²) in [5.41, 5.74) is 3.90. The molecule has 0 bridgehead atoms. The number of halogens is 1. The highest BCUT2D eigenvalue weighted by Gasteiger charge is 2.31. The van der Waals surface area contributed by atoms with Gasteiger partial charge in [0.2, 0.25) is 0 Å². The third-order valence-electron chi connectivity index (χ3n) is 9.62. The minimum atomic E-state index is 0.111. The summed E-state index contributed by atoms with van der Waals surface area (Å²) in [7, 11) is 0. The predicted octanol–water partition coefficient (Wildman–Crippen LogP) is 8.44. The number of hydrogen-bond acceptors (Lipinski definition) is 5. The maximum Gasteiger partial charge on any atom is 0.256 e. The van der Waals surface area contributed by atoms with Crippen LogP contribution in [0.2, 0.25) is 5.02 Å². The normalized spacial score (nSPS) is 18.5. The van der Waals surface area contributed by atoms with Gasteiger partial charge in [0.15, 0.2) is 0 Å². The Kier molecular flexibility index (Phi) is 10.4. The summed E-state index contributed by atoms with van der Waals surface area (Å²) in [5, 5.41) is 2.96. The van der Waals surface area contributed by atoms with Crippen molar-refractivity contribution >= 4 is 45.9 Å². The first-order valence-electron chi connectivity index (χ1n) is 16.8. The molecule has 7 heteroatoms. The van der Waals surface area contributed by atoms with Crippen LogP contribution in [0, 0.1) is 6.92 Å². The summed E-state index contributed by atoms with van der Waals surface area (Å²) < 4.78 is 6.22. The minimum absolute atomic E-state index is 0.111. The first-order chi connectivity index (χ1) is 21.5. The molecule has 1 amide bonds. The number of unbranched alkanes of at least 4 members (excludes halogenated alkanes) is 7. The number of ether oxygens (including phenoxy) is 1. The van der Waals surface area contributed by atoms with E-state index < -0.39 is 0 Å². The van der Waals surface area contributed by atoms with Crippen LogP contribution in [0.3, 0.4) is 0 Å². The molecule has 0 radical (unpaired) electrons. The molecule has 0 spiro atoms. The van der Waals surface area contributed by atoms with Gasteiger partial charge in [0, 0.05) is 49.6 Å². The highest BCUT2D eigenvalue weighted by atomic mass is 35.5. The van der Waals surface area contributed by atoms with Gasteiger partial charge in [-0.3, -0.25) is 14.7 Å². The largest absolute Gasteiger partial charge is 0.493 e. The first-order valence-corrected chi connectivity index (χ1v) is 17.2. The van der Waals surface area contributed by atoms with Crippen LogP contribution in [0.1, 0.15) is 80.1 Å². The molecule has 2 saturated heterocycles. The lowest BCUT2D eigenvalue weighted by Crippen LogP contribution is -2.46. The number of carbonyl (C=O) groups excluding carboxylic acids is 1. The van der Waals surface area contributed by atoms with Crippen molar-refractivity contribution in [2.24, 2.45) is 4.99 Å².